The summed E-state index contributed by atoms with van der Waals surface area (Å²) in [7, 11) is 2.45. The molecule has 0 spiro atoms. The number of carboxylic acids is 1. The summed E-state index contributed by atoms with van der Waals surface area (Å²) in [5.41, 5.74) is 2.24. The maximum atomic E-state index is 13.8. The van der Waals surface area contributed by atoms with Gasteiger partial charge >= 0.3 is 5.97 Å². The zero-order chi connectivity index (χ0) is 40.7. The predicted octanol–water partition coefficient (Wildman–Crippen LogP) is -5.32. The maximum Gasteiger partial charge on any atom is 0.322 e. The van der Waals surface area contributed by atoms with Crippen molar-refractivity contribution < 1.29 is 58.5 Å². The van der Waals surface area contributed by atoms with Crippen molar-refractivity contribution in [3.05, 3.63) is 0 Å². The molecule has 0 aliphatic heterocycles. The van der Waals surface area contributed by atoms with E-state index in [1.807, 2.05) is 0 Å². The average molecular weight is 746 g/mol. The molecule has 0 aliphatic rings. The Hall–Kier alpha value is -4.89. The first-order chi connectivity index (χ1) is 23.8. The fraction of sp³-hybridized carbons (Fsp3) is 0.710. The van der Waals surface area contributed by atoms with Gasteiger partial charge in [0.05, 0.1) is 18.6 Å². The van der Waals surface area contributed by atoms with Crippen molar-refractivity contribution >= 4 is 53.2 Å². The second-order valence-corrected chi connectivity index (χ2v) is 13.6. The molecule has 0 bridgehead atoms. The average Bonchev–Trinajstić information content (AvgIpc) is 3.06. The molecule has 52 heavy (non-hydrogen) atoms. The first-order valence-electron chi connectivity index (χ1n) is 16.4. The second-order valence-electron chi connectivity index (χ2n) is 13.6. The second kappa shape index (κ2) is 20.8. The Morgan fingerprint density at radius 1 is 0.673 bits per heavy atom. The number of aliphatic hydroxyl groups excluding tert-OH is 1. The predicted molar refractivity (Wildman–Crippen MR) is 183 cm³/mol. The summed E-state index contributed by atoms with van der Waals surface area (Å²) in [5.74, 6) is -9.94. The Morgan fingerprint density at radius 3 is 1.63 bits per heavy atom. The van der Waals surface area contributed by atoms with Crippen molar-refractivity contribution in [1.29, 1.82) is 0 Å². The molecule has 0 fully saturated rings. The lowest BCUT2D eigenvalue weighted by Crippen LogP contribution is -2.66. The number of aliphatic hydroxyl groups is 2. The van der Waals surface area contributed by atoms with Crippen LogP contribution in [0.2, 0.25) is 0 Å². The number of hydrogen-bond donors (Lipinski definition) is 12. The Morgan fingerprint density at radius 2 is 1.19 bits per heavy atom. The number of nitrogens with one attached hydrogen (secondary N) is 8. The highest BCUT2D eigenvalue weighted by molar-refractivity contribution is 6.00. The molecule has 0 aromatic rings. The highest BCUT2D eigenvalue weighted by atomic mass is 16.4. The number of carbonyl (C=O) groups excluding carboxylic acids is 8. The van der Waals surface area contributed by atoms with Crippen LogP contribution < -0.4 is 48.3 Å². The van der Waals surface area contributed by atoms with Gasteiger partial charge in [0.1, 0.15) is 36.8 Å². The van der Waals surface area contributed by atoms with Gasteiger partial charge in [-0.3, -0.25) is 43.2 Å². The van der Waals surface area contributed by atoms with E-state index in [2.05, 4.69) is 42.5 Å². The molecule has 0 heterocycles. The van der Waals surface area contributed by atoms with Crippen molar-refractivity contribution in [3.63, 3.8) is 0 Å². The molecule has 0 rings (SSSR count). The van der Waals surface area contributed by atoms with Gasteiger partial charge in [-0.1, -0.05) is 41.0 Å². The largest absolute Gasteiger partial charge is 0.480 e. The summed E-state index contributed by atoms with van der Waals surface area (Å²) in [6, 6.07) is -8.28. The van der Waals surface area contributed by atoms with Gasteiger partial charge in [-0.25, -0.2) is 0 Å². The van der Waals surface area contributed by atoms with E-state index < -0.39 is 126 Å². The molecule has 8 amide bonds. The third-order valence-electron chi connectivity index (χ3n) is 7.79. The maximum absolute atomic E-state index is 13.8. The van der Waals surface area contributed by atoms with E-state index >= 15 is 0 Å². The first-order valence-corrected chi connectivity index (χ1v) is 16.4. The van der Waals surface area contributed by atoms with Crippen LogP contribution >= 0.6 is 0 Å². The number of likely N-dealkylation sites (N-methyl/N-ethyl adjacent to an activating group) is 1. The van der Waals surface area contributed by atoms with Gasteiger partial charge in [-0.05, 0) is 25.2 Å². The molecule has 21 heteroatoms. The van der Waals surface area contributed by atoms with Crippen LogP contribution in [0.25, 0.3) is 0 Å². The zero-order valence-electron chi connectivity index (χ0n) is 31.0. The molecule has 0 aromatic carbocycles. The monoisotopic (exact) mass is 745 g/mol. The third-order valence-corrected chi connectivity index (χ3v) is 7.79. The molecular weight excluding hydrogens is 690 g/mol. The van der Waals surface area contributed by atoms with Crippen LogP contribution in [0.3, 0.4) is 0 Å². The van der Waals surface area contributed by atoms with E-state index in [9.17, 15) is 53.4 Å². The van der Waals surface area contributed by atoms with E-state index in [0.29, 0.717) is 0 Å². The van der Waals surface area contributed by atoms with Gasteiger partial charge in [-0.2, -0.15) is 0 Å². The zero-order valence-corrected chi connectivity index (χ0v) is 31.0. The van der Waals surface area contributed by atoms with Crippen LogP contribution in [-0.4, -0.2) is 138 Å². The number of carbonyl (C=O) groups is 9. The van der Waals surface area contributed by atoms with E-state index in [1.165, 1.54) is 41.7 Å². The Bertz CT molecular complexity index is 1310. The summed E-state index contributed by atoms with van der Waals surface area (Å²) >= 11 is 0. The van der Waals surface area contributed by atoms with Crippen LogP contribution in [0.1, 0.15) is 61.3 Å². The van der Waals surface area contributed by atoms with E-state index in [1.54, 1.807) is 13.8 Å². The van der Waals surface area contributed by atoms with Gasteiger partial charge in [0.25, 0.3) is 5.91 Å². The fourth-order valence-corrected chi connectivity index (χ4v) is 4.50. The summed E-state index contributed by atoms with van der Waals surface area (Å²) in [6.07, 6.45) is -2.49. The Kier molecular flexibility index (Phi) is 18.9. The fourth-order valence-electron chi connectivity index (χ4n) is 4.50. The SMILES string of the molecule is CC[C@H](C)[C@H](NC(=O)[C@@H](CC(=O)NC)NC(=O)CN)C(=O)N[C@@H](C(=O)N[C@H](C(=O)N[C@@H](C(=O)NCC(=O)O)C(C)(C)O)C(C)(C)C)[C@@H](O)C(=O)NC. The number of nitrogens with two attached hydrogens (primary N) is 1. The number of hydrogen-bond acceptors (Lipinski definition) is 12. The lowest BCUT2D eigenvalue weighted by molar-refractivity contribution is -0.143. The van der Waals surface area contributed by atoms with Crippen molar-refractivity contribution in [1.82, 2.24) is 42.5 Å². The van der Waals surface area contributed by atoms with E-state index in [-0.39, 0.29) is 6.42 Å². The molecule has 0 saturated heterocycles. The topological polar surface area (TPSA) is 337 Å². The molecule has 7 atom stereocenters. The number of amides is 8. The quantitative estimate of drug-likeness (QED) is 0.0555. The van der Waals surface area contributed by atoms with Crippen LogP contribution in [0.15, 0.2) is 0 Å². The van der Waals surface area contributed by atoms with Crippen LogP contribution in [0.5, 0.6) is 0 Å². The summed E-state index contributed by atoms with van der Waals surface area (Å²) in [6.45, 7) is 8.78. The number of aliphatic carboxylic acids is 1. The minimum absolute atomic E-state index is 0.275. The Balaban J connectivity index is 6.62. The lowest BCUT2D eigenvalue weighted by Gasteiger charge is -2.36. The van der Waals surface area contributed by atoms with Gasteiger partial charge < -0.3 is 63.6 Å². The summed E-state index contributed by atoms with van der Waals surface area (Å²) in [4.78, 5) is 115. The van der Waals surface area contributed by atoms with Gasteiger partial charge in [-0.15, -0.1) is 0 Å². The molecular formula is C31H55N9O12. The van der Waals surface area contributed by atoms with Crippen LogP contribution in [0, 0.1) is 11.3 Å². The highest BCUT2D eigenvalue weighted by Gasteiger charge is 2.43. The molecule has 0 radical (unpaired) electrons. The lowest BCUT2D eigenvalue weighted by atomic mass is 9.85. The molecule has 0 saturated carbocycles. The smallest absolute Gasteiger partial charge is 0.322 e. The summed E-state index contributed by atoms with van der Waals surface area (Å²) < 4.78 is 0. The molecule has 21 nitrogen and oxygen atoms in total. The van der Waals surface area contributed by atoms with Crippen molar-refractivity contribution in [3.8, 4) is 0 Å². The normalized spacial score (nSPS) is 15.5. The Labute approximate surface area is 301 Å². The number of rotatable bonds is 20. The number of carboxylic acid groups (broad SMARTS) is 1. The van der Waals surface area contributed by atoms with E-state index in [0.717, 1.165) is 7.05 Å². The molecule has 0 aliphatic carbocycles. The van der Waals surface area contributed by atoms with Gasteiger partial charge in [0.15, 0.2) is 6.10 Å². The molecule has 13 N–H and O–H groups in total. The van der Waals surface area contributed by atoms with Crippen molar-refractivity contribution in [2.45, 2.75) is 103 Å². The minimum atomic E-state index is -2.25. The van der Waals surface area contributed by atoms with E-state index in [4.69, 9.17) is 10.8 Å². The molecule has 0 aromatic heterocycles. The standard InChI is InChI=1S/C31H55N9O12/c1-10-14(2)19(37-24(46)15(11-16(41)33-8)36-17(42)12-32)25(47)38-20(21(45)27(49)34-9)26(48)39-22(30(3,4)5)29(51)40-23(31(6,7)52)28(50)35-13-18(43)44/h14-15,19-23,45,52H,10-13,32H2,1-9H3,(H,33,41)(H,34,49)(H,35,50)(H,36,42)(H,37,46)(H,38,47)(H,39,48)(H,40,51)(H,43,44)/t14-,15+,19-,20+,21+,22+,23-/m0/s1. The highest BCUT2D eigenvalue weighted by Crippen LogP contribution is 2.21. The molecule has 0 unspecified atom stereocenters. The van der Waals surface area contributed by atoms with Gasteiger partial charge in [0, 0.05) is 14.1 Å². The van der Waals surface area contributed by atoms with Gasteiger partial charge in [0.2, 0.25) is 41.4 Å². The molecule has 296 valence electrons. The third kappa shape index (κ3) is 15.2. The summed E-state index contributed by atoms with van der Waals surface area (Å²) in [5, 5.41) is 48.5. The first kappa shape index (κ1) is 47.1. The van der Waals surface area contributed by atoms with Crippen molar-refractivity contribution in [2.24, 2.45) is 17.1 Å². The van der Waals surface area contributed by atoms with Crippen LogP contribution in [-0.2, 0) is 43.2 Å². The minimum Gasteiger partial charge on any atom is -0.480 e. The van der Waals surface area contributed by atoms with Crippen LogP contribution in [0.4, 0.5) is 0 Å². The van der Waals surface area contributed by atoms with Crippen molar-refractivity contribution in [2.75, 3.05) is 27.2 Å².